The molecular weight excluding hydrogens is 766 g/mol. The molecule has 0 radical (unpaired) electrons. The van der Waals surface area contributed by atoms with Gasteiger partial charge in [0.2, 0.25) is 0 Å². The number of esters is 1. The molecule has 3 unspecified atom stereocenters. The number of hydrogen-bond acceptors (Lipinski definition) is 8. The molecule has 0 saturated heterocycles. The van der Waals surface area contributed by atoms with Crippen molar-refractivity contribution in [2.75, 3.05) is 26.4 Å². The summed E-state index contributed by atoms with van der Waals surface area (Å²) >= 11 is 0. The van der Waals surface area contributed by atoms with Crippen molar-refractivity contribution in [3.05, 3.63) is 72.9 Å². The van der Waals surface area contributed by atoms with Crippen LogP contribution >= 0.6 is 7.82 Å². The smallest absolute Gasteiger partial charge is 0.472 e. The number of carbonyl (C=O) groups is 2. The van der Waals surface area contributed by atoms with Crippen LogP contribution in [0.5, 0.6) is 0 Å². The summed E-state index contributed by atoms with van der Waals surface area (Å²) in [5.74, 6) is -1.82. The molecule has 4 N–H and O–H groups in total. The molecule has 0 spiro atoms. The Balaban J connectivity index is 4.19. The average molecular weight is 850 g/mol. The maximum Gasteiger partial charge on any atom is 0.472 e. The van der Waals surface area contributed by atoms with E-state index in [0.717, 1.165) is 77.0 Å². The highest BCUT2D eigenvalue weighted by atomic mass is 31.2. The fourth-order valence-corrected chi connectivity index (χ4v) is 6.70. The second kappa shape index (κ2) is 43.5. The molecule has 340 valence electrons. The SMILES string of the molecule is CC/C=C\C/C=C\C/C=C\CCCCCC(=O)OC(COCCCCCCCCCCC/C=C\C/C=C\C/C=C\CCCCCCC)COP(=O)(O)OCC(N)C(=O)O. The Morgan fingerprint density at radius 3 is 1.47 bits per heavy atom. The molecule has 0 amide bonds. The zero-order chi connectivity index (χ0) is 43.3. The summed E-state index contributed by atoms with van der Waals surface area (Å²) < 4.78 is 33.3. The number of ether oxygens (including phenoxy) is 2. The van der Waals surface area contributed by atoms with Gasteiger partial charge in [-0.15, -0.1) is 0 Å². The molecule has 0 aliphatic rings. The van der Waals surface area contributed by atoms with E-state index in [9.17, 15) is 19.0 Å². The Kier molecular flexibility index (Phi) is 41.6. The van der Waals surface area contributed by atoms with E-state index in [-0.39, 0.29) is 13.0 Å². The fourth-order valence-electron chi connectivity index (χ4n) is 5.92. The van der Waals surface area contributed by atoms with E-state index in [2.05, 4.69) is 86.8 Å². The Morgan fingerprint density at radius 1 is 0.559 bits per heavy atom. The molecule has 0 rings (SSSR count). The van der Waals surface area contributed by atoms with Gasteiger partial charge in [0.25, 0.3) is 0 Å². The Bertz CT molecular complexity index is 1210. The van der Waals surface area contributed by atoms with Crippen molar-refractivity contribution in [1.29, 1.82) is 0 Å². The van der Waals surface area contributed by atoms with Crippen molar-refractivity contribution in [3.8, 4) is 0 Å². The number of phosphoric acid groups is 1. The Hall–Kier alpha value is -2.59. The van der Waals surface area contributed by atoms with Crippen molar-refractivity contribution < 1.29 is 42.7 Å². The van der Waals surface area contributed by atoms with Gasteiger partial charge in [-0.25, -0.2) is 4.57 Å². The van der Waals surface area contributed by atoms with Crippen LogP contribution in [0, 0.1) is 0 Å². The first-order valence-electron chi connectivity index (χ1n) is 23.0. The van der Waals surface area contributed by atoms with E-state index in [1.54, 1.807) is 0 Å². The van der Waals surface area contributed by atoms with E-state index in [0.29, 0.717) is 13.0 Å². The molecule has 10 nitrogen and oxygen atoms in total. The third-order valence-corrected chi connectivity index (χ3v) is 10.4. The molecule has 0 aromatic heterocycles. The van der Waals surface area contributed by atoms with Crippen LogP contribution in [0.2, 0.25) is 0 Å². The van der Waals surface area contributed by atoms with Crippen molar-refractivity contribution in [2.45, 2.75) is 193 Å². The lowest BCUT2D eigenvalue weighted by atomic mass is 10.1. The average Bonchev–Trinajstić information content (AvgIpc) is 3.21. The monoisotopic (exact) mass is 850 g/mol. The van der Waals surface area contributed by atoms with Gasteiger partial charge in [-0.3, -0.25) is 18.6 Å². The van der Waals surface area contributed by atoms with Gasteiger partial charge >= 0.3 is 19.8 Å². The third kappa shape index (κ3) is 43.3. The summed E-state index contributed by atoms with van der Waals surface area (Å²) in [4.78, 5) is 33.5. The molecule has 0 aromatic carbocycles. The van der Waals surface area contributed by atoms with Crippen LogP contribution in [0.1, 0.15) is 181 Å². The molecular formula is C48H84NO9P. The summed E-state index contributed by atoms with van der Waals surface area (Å²) in [6.07, 6.45) is 53.9. The molecule has 3 atom stereocenters. The lowest BCUT2D eigenvalue weighted by molar-refractivity contribution is -0.154. The number of hydrogen-bond donors (Lipinski definition) is 3. The first-order valence-corrected chi connectivity index (χ1v) is 24.5. The van der Waals surface area contributed by atoms with Crippen LogP contribution in [0.25, 0.3) is 0 Å². The Labute approximate surface area is 359 Å². The highest BCUT2D eigenvalue weighted by molar-refractivity contribution is 7.47. The molecule has 0 aromatic rings. The summed E-state index contributed by atoms with van der Waals surface area (Å²) in [6.45, 7) is 3.69. The molecule has 0 heterocycles. The van der Waals surface area contributed by atoms with Gasteiger partial charge in [0.15, 0.2) is 0 Å². The Morgan fingerprint density at radius 2 is 0.983 bits per heavy atom. The third-order valence-electron chi connectivity index (χ3n) is 9.47. The standard InChI is InChI=1S/C48H84NO9P/c1-3-5-7-9-11-13-15-17-18-19-20-21-22-23-24-25-26-27-29-31-33-35-37-39-41-55-42-45(43-56-59(53,54)57-44-46(49)48(51)52)58-47(50)40-38-36-34-32-30-28-16-14-12-10-8-6-4-2/h6,8,12,14-15,17,19-20,22-23,28,30,45-46H,3-5,7,9-11,13,16,18,21,24-27,29,31-44,49H2,1-2H3,(H,51,52)(H,53,54)/b8-6-,14-12-,17-15-,20-19-,23-22-,30-28-. The van der Waals surface area contributed by atoms with Crippen molar-refractivity contribution in [2.24, 2.45) is 5.73 Å². The van der Waals surface area contributed by atoms with Gasteiger partial charge in [0.05, 0.1) is 19.8 Å². The predicted octanol–water partition coefficient (Wildman–Crippen LogP) is 13.0. The van der Waals surface area contributed by atoms with Crippen molar-refractivity contribution >= 4 is 19.8 Å². The molecule has 0 aliphatic carbocycles. The van der Waals surface area contributed by atoms with Crippen molar-refractivity contribution in [1.82, 2.24) is 0 Å². The van der Waals surface area contributed by atoms with Crippen LogP contribution in [-0.2, 0) is 32.7 Å². The van der Waals surface area contributed by atoms with Gasteiger partial charge in [-0.2, -0.15) is 0 Å². The zero-order valence-corrected chi connectivity index (χ0v) is 38.0. The van der Waals surface area contributed by atoms with E-state index in [1.165, 1.54) is 77.0 Å². The number of allylic oxidation sites excluding steroid dienone is 12. The summed E-state index contributed by atoms with van der Waals surface area (Å²) in [5, 5.41) is 8.90. The van der Waals surface area contributed by atoms with Crippen LogP contribution in [0.3, 0.4) is 0 Å². The van der Waals surface area contributed by atoms with E-state index >= 15 is 0 Å². The second-order valence-corrected chi connectivity index (χ2v) is 16.6. The predicted molar refractivity (Wildman–Crippen MR) is 244 cm³/mol. The van der Waals surface area contributed by atoms with Crippen LogP contribution < -0.4 is 5.73 Å². The first-order chi connectivity index (χ1) is 28.7. The van der Waals surface area contributed by atoms with Gasteiger partial charge < -0.3 is 25.2 Å². The number of carboxylic acid groups (broad SMARTS) is 1. The minimum Gasteiger partial charge on any atom is -0.480 e. The molecule has 0 fully saturated rings. The van der Waals surface area contributed by atoms with Crippen LogP contribution in [0.15, 0.2) is 72.9 Å². The minimum atomic E-state index is -4.63. The molecule has 0 saturated carbocycles. The van der Waals surface area contributed by atoms with Crippen LogP contribution in [0.4, 0.5) is 0 Å². The summed E-state index contributed by atoms with van der Waals surface area (Å²) in [6, 6.07) is -1.48. The molecule has 0 aliphatic heterocycles. The van der Waals surface area contributed by atoms with Crippen molar-refractivity contribution in [3.63, 3.8) is 0 Å². The quantitative estimate of drug-likeness (QED) is 0.0234. The number of unbranched alkanes of at least 4 members (excludes halogenated alkanes) is 17. The van der Waals surface area contributed by atoms with E-state index in [4.69, 9.17) is 29.4 Å². The summed E-state index contributed by atoms with van der Waals surface area (Å²) in [5.41, 5.74) is 5.35. The summed E-state index contributed by atoms with van der Waals surface area (Å²) in [7, 11) is -4.63. The minimum absolute atomic E-state index is 0.00262. The topological polar surface area (TPSA) is 155 Å². The van der Waals surface area contributed by atoms with Crippen LogP contribution in [-0.4, -0.2) is 60.5 Å². The molecule has 0 bridgehead atoms. The lowest BCUT2D eigenvalue weighted by Crippen LogP contribution is -2.34. The van der Waals surface area contributed by atoms with Gasteiger partial charge in [-0.05, 0) is 83.5 Å². The second-order valence-electron chi connectivity index (χ2n) is 15.1. The van der Waals surface area contributed by atoms with Gasteiger partial charge in [-0.1, -0.05) is 164 Å². The first kappa shape index (κ1) is 56.4. The number of nitrogens with two attached hydrogens (primary N) is 1. The number of carbonyl (C=O) groups excluding carboxylic acids is 1. The van der Waals surface area contributed by atoms with E-state index < -0.39 is 45.1 Å². The van der Waals surface area contributed by atoms with E-state index in [1.807, 2.05) is 0 Å². The normalized spacial score (nSPS) is 14.5. The zero-order valence-electron chi connectivity index (χ0n) is 37.1. The number of phosphoric ester groups is 1. The molecule has 59 heavy (non-hydrogen) atoms. The van der Waals surface area contributed by atoms with Gasteiger partial charge in [0, 0.05) is 13.0 Å². The number of carboxylic acids is 1. The maximum atomic E-state index is 12.6. The number of aliphatic carboxylic acids is 1. The highest BCUT2D eigenvalue weighted by Gasteiger charge is 2.27. The van der Waals surface area contributed by atoms with Gasteiger partial charge in [0.1, 0.15) is 12.1 Å². The number of rotatable bonds is 43. The lowest BCUT2D eigenvalue weighted by Gasteiger charge is -2.20. The fraction of sp³-hybridized carbons (Fsp3) is 0.708. The highest BCUT2D eigenvalue weighted by Crippen LogP contribution is 2.43. The molecule has 11 heteroatoms. The largest absolute Gasteiger partial charge is 0.480 e. The maximum absolute atomic E-state index is 12.6.